The van der Waals surface area contributed by atoms with Crippen LogP contribution >= 0.6 is 23.4 Å². The van der Waals surface area contributed by atoms with E-state index in [0.29, 0.717) is 16.4 Å². The average Bonchev–Trinajstić information content (AvgIpc) is 2.76. The zero-order valence-corrected chi connectivity index (χ0v) is 12.9. The van der Waals surface area contributed by atoms with Gasteiger partial charge >= 0.3 is 5.51 Å². The number of thioether (sulfide) groups is 1. The molecule has 0 atom stereocenters. The van der Waals surface area contributed by atoms with Gasteiger partial charge in [-0.3, -0.25) is 4.79 Å². The Balaban J connectivity index is 2.17. The molecule has 4 nitrogen and oxygen atoms in total. The fourth-order valence-corrected chi connectivity index (χ4v) is 2.27. The molecule has 1 N–H and O–H groups in total. The average molecular weight is 350 g/mol. The Morgan fingerprint density at radius 3 is 2.77 bits per heavy atom. The fraction of sp³-hybridized carbons (Fsp3) is 0.231. The first-order valence-corrected chi connectivity index (χ1v) is 7.44. The summed E-state index contributed by atoms with van der Waals surface area (Å²) in [6.07, 6.45) is 0. The molecule has 0 aliphatic rings. The van der Waals surface area contributed by atoms with Gasteiger partial charge < -0.3 is 5.32 Å². The maximum Gasteiger partial charge on any atom is 0.442 e. The number of hydrogen-bond acceptors (Lipinski definition) is 3. The minimum absolute atomic E-state index is 0.285. The van der Waals surface area contributed by atoms with E-state index in [9.17, 15) is 18.0 Å². The highest BCUT2D eigenvalue weighted by atomic mass is 35.5. The lowest BCUT2D eigenvalue weighted by Crippen LogP contribution is -2.19. The predicted octanol–water partition coefficient (Wildman–Crippen LogP) is 4.03. The zero-order chi connectivity index (χ0) is 16.3. The summed E-state index contributed by atoms with van der Waals surface area (Å²) in [4.78, 5) is 11.6. The molecule has 0 saturated heterocycles. The van der Waals surface area contributed by atoms with Gasteiger partial charge in [-0.05, 0) is 36.9 Å². The topological polar surface area (TPSA) is 46.9 Å². The number of aryl methyl sites for hydroxylation is 1. The zero-order valence-electron chi connectivity index (χ0n) is 11.3. The van der Waals surface area contributed by atoms with E-state index in [2.05, 4.69) is 10.4 Å². The molecule has 0 aliphatic carbocycles. The van der Waals surface area contributed by atoms with Crippen LogP contribution in [-0.2, 0) is 4.79 Å². The number of hydrogen-bond donors (Lipinski definition) is 1. The van der Waals surface area contributed by atoms with Gasteiger partial charge in [0.05, 0.1) is 17.1 Å². The molecular formula is C13H11ClF3N3OS. The van der Waals surface area contributed by atoms with E-state index in [1.165, 1.54) is 4.68 Å². The normalized spacial score (nSPS) is 11.5. The third-order valence-electron chi connectivity index (χ3n) is 2.52. The lowest BCUT2D eigenvalue weighted by Gasteiger charge is -2.10. The highest BCUT2D eigenvalue weighted by Gasteiger charge is 2.29. The maximum atomic E-state index is 12.1. The molecule has 0 unspecified atom stereocenters. The van der Waals surface area contributed by atoms with E-state index in [1.54, 1.807) is 37.3 Å². The van der Waals surface area contributed by atoms with Crippen molar-refractivity contribution in [3.8, 4) is 5.69 Å². The highest BCUT2D eigenvalue weighted by Crippen LogP contribution is 2.30. The highest BCUT2D eigenvalue weighted by molar-refractivity contribution is 8.00. The molecule has 0 aliphatic heterocycles. The molecule has 1 amide bonds. The van der Waals surface area contributed by atoms with E-state index in [-0.39, 0.29) is 5.82 Å². The van der Waals surface area contributed by atoms with E-state index >= 15 is 0 Å². The number of aromatic nitrogens is 2. The number of nitrogens with zero attached hydrogens (tertiary/aromatic N) is 2. The van der Waals surface area contributed by atoms with Crippen LogP contribution in [0.5, 0.6) is 0 Å². The second-order valence-electron chi connectivity index (χ2n) is 4.35. The summed E-state index contributed by atoms with van der Waals surface area (Å²) in [6, 6.07) is 8.31. The van der Waals surface area contributed by atoms with Gasteiger partial charge in [-0.15, -0.1) is 0 Å². The standard InChI is InChI=1S/C13H11ClF3N3OS/c1-8-5-11(18-12(21)7-22-13(15,16)17)20(19-8)10-4-2-3-9(14)6-10/h2-6H,7H2,1H3,(H,18,21). The van der Waals surface area contributed by atoms with Crippen LogP contribution in [0.3, 0.4) is 0 Å². The summed E-state index contributed by atoms with van der Waals surface area (Å²) in [5.74, 6) is -1.19. The third-order valence-corrected chi connectivity index (χ3v) is 3.49. The van der Waals surface area contributed by atoms with E-state index in [4.69, 9.17) is 11.6 Å². The van der Waals surface area contributed by atoms with E-state index in [1.807, 2.05) is 0 Å². The first-order valence-electron chi connectivity index (χ1n) is 6.08. The minimum atomic E-state index is -4.44. The Bertz CT molecular complexity index is 687. The predicted molar refractivity (Wildman–Crippen MR) is 80.5 cm³/mol. The number of alkyl halides is 3. The molecule has 0 fully saturated rings. The molecule has 2 aromatic rings. The monoisotopic (exact) mass is 349 g/mol. The second kappa shape index (κ2) is 6.62. The second-order valence-corrected chi connectivity index (χ2v) is 5.82. The Morgan fingerprint density at radius 2 is 2.14 bits per heavy atom. The van der Waals surface area contributed by atoms with Gasteiger partial charge in [-0.2, -0.15) is 18.3 Å². The molecule has 0 bridgehead atoms. The van der Waals surface area contributed by atoms with Gasteiger partial charge in [0.2, 0.25) is 5.91 Å². The van der Waals surface area contributed by atoms with E-state index < -0.39 is 28.9 Å². The molecule has 1 heterocycles. The first kappa shape index (κ1) is 16.7. The first-order chi connectivity index (χ1) is 10.2. The van der Waals surface area contributed by atoms with Gasteiger partial charge in [0.25, 0.3) is 0 Å². The molecule has 2 rings (SSSR count). The van der Waals surface area contributed by atoms with Gasteiger partial charge in [0.1, 0.15) is 5.82 Å². The van der Waals surface area contributed by atoms with Gasteiger partial charge in [0.15, 0.2) is 0 Å². The number of carbonyl (C=O) groups excluding carboxylic acids is 1. The number of halogens is 4. The Morgan fingerprint density at radius 1 is 1.41 bits per heavy atom. The molecule has 1 aromatic heterocycles. The number of carbonyl (C=O) groups is 1. The number of benzene rings is 1. The van der Waals surface area contributed by atoms with Crippen LogP contribution in [0.2, 0.25) is 5.02 Å². The summed E-state index contributed by atoms with van der Waals surface area (Å²) in [5.41, 5.74) is -3.24. The lowest BCUT2D eigenvalue weighted by molar-refractivity contribution is -0.114. The largest absolute Gasteiger partial charge is 0.442 e. The van der Waals surface area contributed by atoms with Crippen molar-refractivity contribution in [2.45, 2.75) is 12.4 Å². The molecule has 22 heavy (non-hydrogen) atoms. The van der Waals surface area contributed by atoms with Gasteiger partial charge in [-0.1, -0.05) is 17.7 Å². The molecule has 0 saturated carbocycles. The minimum Gasteiger partial charge on any atom is -0.310 e. The summed E-state index contributed by atoms with van der Waals surface area (Å²) in [5, 5.41) is 7.10. The number of amides is 1. The van der Waals surface area contributed by atoms with Crippen LogP contribution in [0, 0.1) is 6.92 Å². The molecule has 118 valence electrons. The number of rotatable bonds is 4. The molecule has 1 aromatic carbocycles. The van der Waals surface area contributed by atoms with Crippen LogP contribution in [-0.4, -0.2) is 26.9 Å². The molecule has 0 radical (unpaired) electrons. The summed E-state index contributed by atoms with van der Waals surface area (Å²) < 4.78 is 37.7. The van der Waals surface area contributed by atoms with Crippen molar-refractivity contribution in [2.75, 3.05) is 11.1 Å². The van der Waals surface area contributed by atoms with Crippen LogP contribution in [0.4, 0.5) is 19.0 Å². The van der Waals surface area contributed by atoms with Crippen molar-refractivity contribution >= 4 is 35.1 Å². The van der Waals surface area contributed by atoms with Crippen LogP contribution in [0.15, 0.2) is 30.3 Å². The summed E-state index contributed by atoms with van der Waals surface area (Å²) >= 11 is 5.51. The van der Waals surface area contributed by atoms with Crippen molar-refractivity contribution in [3.05, 3.63) is 41.0 Å². The van der Waals surface area contributed by atoms with Crippen LogP contribution < -0.4 is 5.32 Å². The third kappa shape index (κ3) is 4.67. The van der Waals surface area contributed by atoms with Crippen molar-refractivity contribution in [1.82, 2.24) is 9.78 Å². The number of anilines is 1. The van der Waals surface area contributed by atoms with Crippen molar-refractivity contribution in [1.29, 1.82) is 0 Å². The summed E-state index contributed by atoms with van der Waals surface area (Å²) in [7, 11) is 0. The lowest BCUT2D eigenvalue weighted by atomic mass is 10.3. The summed E-state index contributed by atoms with van der Waals surface area (Å²) in [6.45, 7) is 1.71. The maximum absolute atomic E-state index is 12.1. The fourth-order valence-electron chi connectivity index (χ4n) is 1.72. The van der Waals surface area contributed by atoms with E-state index in [0.717, 1.165) is 0 Å². The van der Waals surface area contributed by atoms with Crippen molar-refractivity contribution < 1.29 is 18.0 Å². The quantitative estimate of drug-likeness (QED) is 0.906. The van der Waals surface area contributed by atoms with Gasteiger partial charge in [-0.25, -0.2) is 4.68 Å². The Hall–Kier alpha value is -1.67. The Labute approximate surface area is 133 Å². The molecule has 9 heteroatoms. The number of nitrogens with one attached hydrogen (secondary N) is 1. The van der Waals surface area contributed by atoms with Crippen LogP contribution in [0.25, 0.3) is 5.69 Å². The SMILES string of the molecule is Cc1cc(NC(=O)CSC(F)(F)F)n(-c2cccc(Cl)c2)n1. The van der Waals surface area contributed by atoms with Crippen molar-refractivity contribution in [2.24, 2.45) is 0 Å². The van der Waals surface area contributed by atoms with Crippen LogP contribution in [0.1, 0.15) is 5.69 Å². The Kier molecular flexibility index (Phi) is 5.02. The molecule has 0 spiro atoms. The molecular weight excluding hydrogens is 339 g/mol. The van der Waals surface area contributed by atoms with Gasteiger partial charge in [0, 0.05) is 11.1 Å². The smallest absolute Gasteiger partial charge is 0.310 e. The van der Waals surface area contributed by atoms with Crippen molar-refractivity contribution in [3.63, 3.8) is 0 Å².